The minimum Gasteiger partial charge on any atom is -0.355 e. The monoisotopic (exact) mass is 246 g/mol. The van der Waals surface area contributed by atoms with Gasteiger partial charge in [0.05, 0.1) is 0 Å². The first-order valence-corrected chi connectivity index (χ1v) is 6.25. The van der Waals surface area contributed by atoms with Crippen LogP contribution in [0.5, 0.6) is 0 Å². The highest BCUT2D eigenvalue weighted by Gasteiger charge is 2.04. The van der Waals surface area contributed by atoms with Crippen molar-refractivity contribution < 1.29 is 0 Å². The molecule has 0 aliphatic heterocycles. The van der Waals surface area contributed by atoms with Crippen molar-refractivity contribution in [2.75, 3.05) is 5.32 Å². The minimum atomic E-state index is 1.08. The molecule has 19 heavy (non-hydrogen) atoms. The van der Waals surface area contributed by atoms with Crippen LogP contribution < -0.4 is 5.32 Å². The fourth-order valence-corrected chi connectivity index (χ4v) is 2.04. The zero-order valence-electron chi connectivity index (χ0n) is 10.5. The maximum atomic E-state index is 4.18. The second kappa shape index (κ2) is 5.36. The Morgan fingerprint density at radius 1 is 0.737 bits per heavy atom. The zero-order chi connectivity index (χ0) is 12.9. The van der Waals surface area contributed by atoms with Gasteiger partial charge in [0.25, 0.3) is 0 Å². The zero-order valence-corrected chi connectivity index (χ0v) is 10.5. The largest absolute Gasteiger partial charge is 0.355 e. The fourth-order valence-electron chi connectivity index (χ4n) is 2.04. The van der Waals surface area contributed by atoms with Crippen LogP contribution in [-0.4, -0.2) is 4.98 Å². The molecule has 92 valence electrons. The van der Waals surface area contributed by atoms with E-state index in [0.29, 0.717) is 0 Å². The highest BCUT2D eigenvalue weighted by molar-refractivity contribution is 5.80. The van der Waals surface area contributed by atoms with Gasteiger partial charge in [-0.05, 0) is 24.3 Å². The van der Waals surface area contributed by atoms with Crippen molar-refractivity contribution in [3.8, 4) is 11.1 Å². The number of nitrogens with one attached hydrogen (secondary N) is 1. The molecule has 2 aromatic carbocycles. The third-order valence-electron chi connectivity index (χ3n) is 2.95. The van der Waals surface area contributed by atoms with Gasteiger partial charge in [0, 0.05) is 34.9 Å². The Kier molecular flexibility index (Phi) is 3.24. The quantitative estimate of drug-likeness (QED) is 0.736. The standard InChI is InChI=1S/C17H14N2/c1-2-8-15(9-3-1)19-17-11-5-4-10-16(17)14-7-6-12-18-13-14/h1-13,19H. The highest BCUT2D eigenvalue weighted by atomic mass is 14.9. The fraction of sp³-hybridized carbons (Fsp3) is 0. The van der Waals surface area contributed by atoms with E-state index >= 15 is 0 Å². The first kappa shape index (κ1) is 11.5. The maximum absolute atomic E-state index is 4.18. The lowest BCUT2D eigenvalue weighted by Crippen LogP contribution is -1.92. The van der Waals surface area contributed by atoms with Crippen molar-refractivity contribution in [3.63, 3.8) is 0 Å². The van der Waals surface area contributed by atoms with Crippen LogP contribution >= 0.6 is 0 Å². The van der Waals surface area contributed by atoms with Gasteiger partial charge in [0.1, 0.15) is 0 Å². The molecule has 0 amide bonds. The lowest BCUT2D eigenvalue weighted by Gasteiger charge is -2.11. The average molecular weight is 246 g/mol. The number of hydrogen-bond donors (Lipinski definition) is 1. The number of anilines is 2. The molecule has 0 aliphatic rings. The van der Waals surface area contributed by atoms with Gasteiger partial charge >= 0.3 is 0 Å². The maximum Gasteiger partial charge on any atom is 0.0464 e. The Morgan fingerprint density at radius 2 is 1.53 bits per heavy atom. The van der Waals surface area contributed by atoms with Crippen LogP contribution in [0.2, 0.25) is 0 Å². The van der Waals surface area contributed by atoms with Gasteiger partial charge in [0.2, 0.25) is 0 Å². The van der Waals surface area contributed by atoms with E-state index in [1.54, 1.807) is 6.20 Å². The summed E-state index contributed by atoms with van der Waals surface area (Å²) >= 11 is 0. The van der Waals surface area contributed by atoms with Gasteiger partial charge in [0.15, 0.2) is 0 Å². The first-order valence-electron chi connectivity index (χ1n) is 6.25. The summed E-state index contributed by atoms with van der Waals surface area (Å²) in [7, 11) is 0. The first-order chi connectivity index (χ1) is 9.43. The summed E-state index contributed by atoms with van der Waals surface area (Å²) < 4.78 is 0. The number of pyridine rings is 1. The number of nitrogens with zero attached hydrogens (tertiary/aromatic N) is 1. The molecule has 3 aromatic rings. The van der Waals surface area contributed by atoms with Crippen molar-refractivity contribution in [1.82, 2.24) is 4.98 Å². The van der Waals surface area contributed by atoms with E-state index in [1.165, 1.54) is 0 Å². The average Bonchev–Trinajstić information content (AvgIpc) is 2.50. The summed E-state index contributed by atoms with van der Waals surface area (Å²) in [5.41, 5.74) is 4.43. The SMILES string of the molecule is c1ccc(Nc2ccccc2-c2cccnc2)cc1. The van der Waals surface area contributed by atoms with Crippen LogP contribution in [0, 0.1) is 0 Å². The van der Waals surface area contributed by atoms with E-state index in [9.17, 15) is 0 Å². The molecule has 2 heteroatoms. The van der Waals surface area contributed by atoms with Gasteiger partial charge in [-0.3, -0.25) is 4.98 Å². The molecule has 0 fully saturated rings. The second-order valence-electron chi connectivity index (χ2n) is 4.28. The third kappa shape index (κ3) is 2.63. The number of hydrogen-bond acceptors (Lipinski definition) is 2. The number of aromatic nitrogens is 1. The summed E-state index contributed by atoms with van der Waals surface area (Å²) in [5, 5.41) is 3.44. The molecule has 0 spiro atoms. The van der Waals surface area contributed by atoms with Gasteiger partial charge < -0.3 is 5.32 Å². The van der Waals surface area contributed by atoms with Crippen LogP contribution in [-0.2, 0) is 0 Å². The van der Waals surface area contributed by atoms with E-state index in [1.807, 2.05) is 42.6 Å². The molecule has 2 nitrogen and oxygen atoms in total. The predicted octanol–water partition coefficient (Wildman–Crippen LogP) is 4.49. The molecule has 0 radical (unpaired) electrons. The van der Waals surface area contributed by atoms with Gasteiger partial charge in [-0.15, -0.1) is 0 Å². The topological polar surface area (TPSA) is 24.9 Å². The Balaban J connectivity index is 1.99. The summed E-state index contributed by atoms with van der Waals surface area (Å²) in [4.78, 5) is 4.18. The summed E-state index contributed by atoms with van der Waals surface area (Å²) in [5.74, 6) is 0. The van der Waals surface area contributed by atoms with Crippen LogP contribution in [0.1, 0.15) is 0 Å². The van der Waals surface area contributed by atoms with Gasteiger partial charge in [-0.1, -0.05) is 42.5 Å². The lowest BCUT2D eigenvalue weighted by atomic mass is 10.1. The van der Waals surface area contributed by atoms with E-state index in [2.05, 4.69) is 40.6 Å². The smallest absolute Gasteiger partial charge is 0.0464 e. The number of benzene rings is 2. The van der Waals surface area contributed by atoms with Crippen molar-refractivity contribution in [3.05, 3.63) is 79.1 Å². The summed E-state index contributed by atoms with van der Waals surface area (Å²) in [6.45, 7) is 0. The van der Waals surface area contributed by atoms with E-state index in [0.717, 1.165) is 22.5 Å². The second-order valence-corrected chi connectivity index (χ2v) is 4.28. The molecule has 0 atom stereocenters. The van der Waals surface area contributed by atoms with E-state index < -0.39 is 0 Å². The predicted molar refractivity (Wildman–Crippen MR) is 79.4 cm³/mol. The van der Waals surface area contributed by atoms with Gasteiger partial charge in [-0.25, -0.2) is 0 Å². The molecule has 1 aromatic heterocycles. The van der Waals surface area contributed by atoms with Crippen LogP contribution in [0.3, 0.4) is 0 Å². The Labute approximate surface area is 112 Å². The molecule has 0 aliphatic carbocycles. The lowest BCUT2D eigenvalue weighted by molar-refractivity contribution is 1.33. The van der Waals surface area contributed by atoms with Gasteiger partial charge in [-0.2, -0.15) is 0 Å². The number of para-hydroxylation sites is 2. The summed E-state index contributed by atoms with van der Waals surface area (Å²) in [6, 6.07) is 22.4. The van der Waals surface area contributed by atoms with Crippen LogP contribution in [0.25, 0.3) is 11.1 Å². The third-order valence-corrected chi connectivity index (χ3v) is 2.95. The van der Waals surface area contributed by atoms with Crippen molar-refractivity contribution in [2.24, 2.45) is 0 Å². The molecule has 0 bridgehead atoms. The van der Waals surface area contributed by atoms with E-state index in [-0.39, 0.29) is 0 Å². The summed E-state index contributed by atoms with van der Waals surface area (Å²) in [6.07, 6.45) is 3.67. The molecule has 1 heterocycles. The number of rotatable bonds is 3. The highest BCUT2D eigenvalue weighted by Crippen LogP contribution is 2.29. The molecule has 0 saturated carbocycles. The molecule has 3 rings (SSSR count). The van der Waals surface area contributed by atoms with Crippen LogP contribution in [0.15, 0.2) is 79.1 Å². The Bertz CT molecular complexity index is 648. The Morgan fingerprint density at radius 3 is 2.32 bits per heavy atom. The van der Waals surface area contributed by atoms with E-state index in [4.69, 9.17) is 0 Å². The van der Waals surface area contributed by atoms with Crippen molar-refractivity contribution >= 4 is 11.4 Å². The normalized spacial score (nSPS) is 10.1. The van der Waals surface area contributed by atoms with Crippen molar-refractivity contribution in [1.29, 1.82) is 0 Å². The molecular weight excluding hydrogens is 232 g/mol. The Hall–Kier alpha value is -2.61. The molecule has 0 saturated heterocycles. The molecular formula is C17H14N2. The molecule has 0 unspecified atom stereocenters. The van der Waals surface area contributed by atoms with Crippen LogP contribution in [0.4, 0.5) is 11.4 Å². The minimum absolute atomic E-state index is 1.08. The van der Waals surface area contributed by atoms with Crippen molar-refractivity contribution in [2.45, 2.75) is 0 Å². The molecule has 1 N–H and O–H groups in total.